The molecule has 0 spiro atoms. The summed E-state index contributed by atoms with van der Waals surface area (Å²) >= 11 is 0. The third-order valence-electron chi connectivity index (χ3n) is 2.67. The molecule has 4 N–H and O–H groups in total. The van der Waals surface area contributed by atoms with Gasteiger partial charge in [0.25, 0.3) is 5.91 Å². The van der Waals surface area contributed by atoms with Crippen LogP contribution in [0.5, 0.6) is 0 Å². The number of nitrogens with zero attached hydrogens (tertiary/aromatic N) is 1. The molecule has 0 aliphatic carbocycles. The van der Waals surface area contributed by atoms with E-state index in [-0.39, 0.29) is 22.7 Å². The van der Waals surface area contributed by atoms with Crippen LogP contribution in [-0.2, 0) is 0 Å². The molecule has 0 atom stereocenters. The van der Waals surface area contributed by atoms with Crippen molar-refractivity contribution >= 4 is 5.91 Å². The Morgan fingerprint density at radius 2 is 2.18 bits per heavy atom. The van der Waals surface area contributed by atoms with Crippen LogP contribution in [0.25, 0.3) is 0 Å². The average Bonchev–Trinajstić information content (AvgIpc) is 2.72. The van der Waals surface area contributed by atoms with Gasteiger partial charge in [-0.25, -0.2) is 4.79 Å². The minimum absolute atomic E-state index is 0.137. The Labute approximate surface area is 100 Å². The summed E-state index contributed by atoms with van der Waals surface area (Å²) < 4.78 is 0. The van der Waals surface area contributed by atoms with Crippen LogP contribution in [0.1, 0.15) is 31.3 Å². The quantitative estimate of drug-likeness (QED) is 0.683. The molecule has 1 amide bonds. The van der Waals surface area contributed by atoms with Gasteiger partial charge in [0.05, 0.1) is 0 Å². The number of nitrogens with two attached hydrogens (primary N) is 1. The number of amides is 1. The lowest BCUT2D eigenvalue weighted by molar-refractivity contribution is 0.0695. The number of carbonyl (C=O) groups is 1. The van der Waals surface area contributed by atoms with E-state index in [4.69, 9.17) is 5.73 Å². The molecule has 0 unspecified atom stereocenters. The molecule has 0 saturated heterocycles. The summed E-state index contributed by atoms with van der Waals surface area (Å²) in [7, 11) is 0. The van der Waals surface area contributed by atoms with Gasteiger partial charge in [-0.15, -0.1) is 0 Å². The molecule has 0 aliphatic rings. The van der Waals surface area contributed by atoms with Crippen LogP contribution < -0.4 is 11.4 Å². The first-order valence-electron chi connectivity index (χ1n) is 5.66. The maximum Gasteiger partial charge on any atom is 0.323 e. The molecule has 0 saturated carbocycles. The van der Waals surface area contributed by atoms with Gasteiger partial charge in [-0.2, -0.15) is 0 Å². The summed E-state index contributed by atoms with van der Waals surface area (Å²) in [5.74, 6) is -0.188. The van der Waals surface area contributed by atoms with E-state index in [1.165, 1.54) is 6.20 Å². The predicted molar refractivity (Wildman–Crippen MR) is 65.8 cm³/mol. The molecule has 0 radical (unpaired) electrons. The van der Waals surface area contributed by atoms with Crippen molar-refractivity contribution in [3.05, 3.63) is 22.4 Å². The summed E-state index contributed by atoms with van der Waals surface area (Å²) in [6.07, 6.45) is 1.39. The Bertz CT molecular complexity index is 433. The Balaban J connectivity index is 2.81. The normalized spacial score (nSPS) is 11.5. The lowest BCUT2D eigenvalue weighted by Crippen LogP contribution is -2.42. The fraction of sp³-hybridized carbons (Fsp3) is 0.636. The standard InChI is InChI=1S/C11H20N4O2/c1-4-15(7-11(2,3)6-12)9(16)8-5-13-10(17)14-8/h5H,4,6-7,12H2,1-3H3,(H2,13,14,17). The zero-order valence-corrected chi connectivity index (χ0v) is 10.5. The van der Waals surface area contributed by atoms with Gasteiger partial charge in [-0.3, -0.25) is 4.79 Å². The number of carbonyl (C=O) groups excluding carboxylic acids is 1. The van der Waals surface area contributed by atoms with Gasteiger partial charge < -0.3 is 20.6 Å². The van der Waals surface area contributed by atoms with Gasteiger partial charge in [0.15, 0.2) is 0 Å². The van der Waals surface area contributed by atoms with E-state index >= 15 is 0 Å². The largest absolute Gasteiger partial charge is 0.337 e. The molecule has 6 heteroatoms. The van der Waals surface area contributed by atoms with Gasteiger partial charge in [-0.05, 0) is 18.9 Å². The second kappa shape index (κ2) is 5.18. The Kier molecular flexibility index (Phi) is 4.11. The Hall–Kier alpha value is -1.56. The Morgan fingerprint density at radius 3 is 2.59 bits per heavy atom. The average molecular weight is 240 g/mol. The zero-order valence-electron chi connectivity index (χ0n) is 10.5. The maximum absolute atomic E-state index is 12.1. The summed E-state index contributed by atoms with van der Waals surface area (Å²) in [5.41, 5.74) is 5.42. The molecule has 1 rings (SSSR count). The molecular formula is C11H20N4O2. The van der Waals surface area contributed by atoms with E-state index in [0.29, 0.717) is 19.6 Å². The topological polar surface area (TPSA) is 95.0 Å². The maximum atomic E-state index is 12.1. The number of nitrogens with one attached hydrogen (secondary N) is 2. The van der Waals surface area contributed by atoms with Crippen molar-refractivity contribution in [3.8, 4) is 0 Å². The van der Waals surface area contributed by atoms with Crippen molar-refractivity contribution in [3.63, 3.8) is 0 Å². The number of imidazole rings is 1. The van der Waals surface area contributed by atoms with Gasteiger partial charge in [0.2, 0.25) is 0 Å². The highest BCUT2D eigenvalue weighted by Gasteiger charge is 2.24. The van der Waals surface area contributed by atoms with Gasteiger partial charge in [-0.1, -0.05) is 13.8 Å². The number of hydrogen-bond acceptors (Lipinski definition) is 3. The lowest BCUT2D eigenvalue weighted by Gasteiger charge is -2.30. The lowest BCUT2D eigenvalue weighted by atomic mass is 9.93. The van der Waals surface area contributed by atoms with Gasteiger partial charge in [0.1, 0.15) is 5.69 Å². The molecule has 0 aliphatic heterocycles. The van der Waals surface area contributed by atoms with E-state index in [0.717, 1.165) is 0 Å². The monoisotopic (exact) mass is 240 g/mol. The Morgan fingerprint density at radius 1 is 1.53 bits per heavy atom. The van der Waals surface area contributed by atoms with E-state index in [1.54, 1.807) is 4.90 Å². The van der Waals surface area contributed by atoms with Crippen molar-refractivity contribution in [1.29, 1.82) is 0 Å². The minimum atomic E-state index is -0.373. The first kappa shape index (κ1) is 13.5. The highest BCUT2D eigenvalue weighted by molar-refractivity contribution is 5.92. The number of rotatable bonds is 5. The molecule has 1 aromatic rings. The molecule has 1 aromatic heterocycles. The second-order valence-corrected chi connectivity index (χ2v) is 4.84. The third kappa shape index (κ3) is 3.45. The van der Waals surface area contributed by atoms with Crippen LogP contribution in [0.2, 0.25) is 0 Å². The van der Waals surface area contributed by atoms with Crippen molar-refractivity contribution in [2.75, 3.05) is 19.6 Å². The zero-order chi connectivity index (χ0) is 13.1. The fourth-order valence-electron chi connectivity index (χ4n) is 1.53. The van der Waals surface area contributed by atoms with Crippen LogP contribution in [0.4, 0.5) is 0 Å². The molecule has 0 aromatic carbocycles. The first-order chi connectivity index (χ1) is 7.89. The minimum Gasteiger partial charge on any atom is -0.337 e. The fourth-order valence-corrected chi connectivity index (χ4v) is 1.53. The van der Waals surface area contributed by atoms with Crippen molar-refractivity contribution in [1.82, 2.24) is 14.9 Å². The summed E-state index contributed by atoms with van der Waals surface area (Å²) in [6, 6.07) is 0. The molecule has 0 bridgehead atoms. The van der Waals surface area contributed by atoms with Gasteiger partial charge >= 0.3 is 5.69 Å². The second-order valence-electron chi connectivity index (χ2n) is 4.84. The number of H-pyrrole nitrogens is 2. The van der Waals surface area contributed by atoms with Crippen LogP contribution in [-0.4, -0.2) is 40.4 Å². The van der Waals surface area contributed by atoms with E-state index < -0.39 is 0 Å². The van der Waals surface area contributed by atoms with Crippen LogP contribution >= 0.6 is 0 Å². The SMILES string of the molecule is CCN(CC(C)(C)CN)C(=O)c1c[nH]c(=O)[nH]1. The van der Waals surface area contributed by atoms with Crippen molar-refractivity contribution in [2.24, 2.45) is 11.1 Å². The summed E-state index contributed by atoms with van der Waals surface area (Å²) in [5, 5.41) is 0. The number of aromatic amines is 2. The molecule has 0 fully saturated rings. The molecular weight excluding hydrogens is 220 g/mol. The number of hydrogen-bond donors (Lipinski definition) is 3. The number of aromatic nitrogens is 2. The van der Waals surface area contributed by atoms with E-state index in [1.807, 2.05) is 20.8 Å². The predicted octanol–water partition coefficient (Wildman–Crippen LogP) is 0.150. The molecule has 96 valence electrons. The van der Waals surface area contributed by atoms with Crippen LogP contribution in [0, 0.1) is 5.41 Å². The van der Waals surface area contributed by atoms with Crippen molar-refractivity contribution < 1.29 is 4.79 Å². The molecule has 1 heterocycles. The van der Waals surface area contributed by atoms with E-state index in [2.05, 4.69) is 9.97 Å². The highest BCUT2D eigenvalue weighted by Crippen LogP contribution is 2.15. The third-order valence-corrected chi connectivity index (χ3v) is 2.67. The molecule has 17 heavy (non-hydrogen) atoms. The summed E-state index contributed by atoms with van der Waals surface area (Å²) in [6.45, 7) is 7.54. The van der Waals surface area contributed by atoms with Crippen LogP contribution in [0.15, 0.2) is 11.0 Å². The van der Waals surface area contributed by atoms with Crippen molar-refractivity contribution in [2.45, 2.75) is 20.8 Å². The summed E-state index contributed by atoms with van der Waals surface area (Å²) in [4.78, 5) is 29.6. The first-order valence-corrected chi connectivity index (χ1v) is 5.66. The van der Waals surface area contributed by atoms with Crippen LogP contribution in [0.3, 0.4) is 0 Å². The van der Waals surface area contributed by atoms with Gasteiger partial charge in [0, 0.05) is 19.3 Å². The smallest absolute Gasteiger partial charge is 0.323 e. The molecule has 6 nitrogen and oxygen atoms in total. The van der Waals surface area contributed by atoms with E-state index in [9.17, 15) is 9.59 Å². The highest BCUT2D eigenvalue weighted by atomic mass is 16.2.